The van der Waals surface area contributed by atoms with E-state index in [1.165, 1.54) is 0 Å². The van der Waals surface area contributed by atoms with Crippen molar-refractivity contribution in [3.05, 3.63) is 0 Å². The molecule has 0 saturated heterocycles. The zero-order chi connectivity index (χ0) is 12.1. The van der Waals surface area contributed by atoms with Crippen LogP contribution in [-0.4, -0.2) is 37.6 Å². The van der Waals surface area contributed by atoms with E-state index in [1.54, 1.807) is 0 Å². The zero-order valence-electron chi connectivity index (χ0n) is 10.8. The number of ether oxygens (including phenoxy) is 2. The molecule has 3 aliphatic rings. The van der Waals surface area contributed by atoms with Gasteiger partial charge in [0.05, 0.1) is 12.6 Å². The van der Waals surface area contributed by atoms with Crippen LogP contribution in [0.15, 0.2) is 9.98 Å². The summed E-state index contributed by atoms with van der Waals surface area (Å²) in [5.74, 6) is 1.74. The molecule has 0 amide bonds. The van der Waals surface area contributed by atoms with Gasteiger partial charge in [0, 0.05) is 0 Å². The molecule has 0 radical (unpaired) electrons. The second-order valence-electron chi connectivity index (χ2n) is 6.24. The number of nitrogens with zero attached hydrogens (tertiary/aromatic N) is 2. The molecular formula is C13H20N2O2. The minimum absolute atomic E-state index is 0.0868. The molecule has 2 heterocycles. The molecule has 0 spiro atoms. The van der Waals surface area contributed by atoms with Crippen molar-refractivity contribution in [2.24, 2.45) is 20.8 Å². The van der Waals surface area contributed by atoms with Gasteiger partial charge in [0.25, 0.3) is 0 Å². The lowest BCUT2D eigenvalue weighted by Crippen LogP contribution is -2.26. The number of aliphatic imine (C=N–C) groups is 2. The molecule has 0 aromatic carbocycles. The highest BCUT2D eigenvalue weighted by atomic mass is 16.5. The molecule has 0 aromatic heterocycles. The van der Waals surface area contributed by atoms with Gasteiger partial charge < -0.3 is 9.47 Å². The lowest BCUT2D eigenvalue weighted by Gasteiger charge is -2.22. The highest BCUT2D eigenvalue weighted by molar-refractivity contribution is 6.08. The van der Waals surface area contributed by atoms with Crippen molar-refractivity contribution in [1.82, 2.24) is 0 Å². The van der Waals surface area contributed by atoms with Crippen LogP contribution in [-0.2, 0) is 9.47 Å². The fraction of sp³-hybridized carbons (Fsp3) is 0.846. The zero-order valence-corrected chi connectivity index (χ0v) is 10.8. The van der Waals surface area contributed by atoms with Gasteiger partial charge in [0.15, 0.2) is 11.8 Å². The molecule has 0 aromatic rings. The smallest absolute Gasteiger partial charge is 0.199 e. The first-order valence-corrected chi connectivity index (χ1v) is 6.41. The fourth-order valence-electron chi connectivity index (χ4n) is 2.35. The van der Waals surface area contributed by atoms with Gasteiger partial charge >= 0.3 is 0 Å². The van der Waals surface area contributed by atoms with Crippen LogP contribution in [0.1, 0.15) is 33.6 Å². The molecule has 3 rings (SSSR count). The van der Waals surface area contributed by atoms with E-state index in [9.17, 15) is 0 Å². The van der Waals surface area contributed by atoms with Crippen LogP contribution < -0.4 is 0 Å². The molecule has 0 bridgehead atoms. The molecule has 1 saturated carbocycles. The standard InChI is InChI=1S/C13H20N2O2/c1-12(2,3)9-8-17-11(15-9)13(4-5-13)10-14-6-7-16-10/h9H,4-8H2,1-3H3/t9-/m1/s1. The van der Waals surface area contributed by atoms with Gasteiger partial charge in [0.1, 0.15) is 18.6 Å². The Balaban J connectivity index is 1.82. The van der Waals surface area contributed by atoms with Crippen LogP contribution in [0.25, 0.3) is 0 Å². The van der Waals surface area contributed by atoms with Crippen molar-refractivity contribution >= 4 is 11.8 Å². The van der Waals surface area contributed by atoms with Crippen molar-refractivity contribution in [3.8, 4) is 0 Å². The summed E-state index contributed by atoms with van der Waals surface area (Å²) in [7, 11) is 0. The maximum atomic E-state index is 5.82. The van der Waals surface area contributed by atoms with Crippen LogP contribution in [0.3, 0.4) is 0 Å². The van der Waals surface area contributed by atoms with E-state index in [4.69, 9.17) is 14.5 Å². The maximum absolute atomic E-state index is 5.82. The molecule has 0 N–H and O–H groups in total. The van der Waals surface area contributed by atoms with Gasteiger partial charge in [-0.05, 0) is 18.3 Å². The van der Waals surface area contributed by atoms with Crippen LogP contribution >= 0.6 is 0 Å². The van der Waals surface area contributed by atoms with Gasteiger partial charge in [0.2, 0.25) is 0 Å². The minimum Gasteiger partial charge on any atom is -0.478 e. The summed E-state index contributed by atoms with van der Waals surface area (Å²) in [6.45, 7) is 8.82. The maximum Gasteiger partial charge on any atom is 0.199 e. The first-order chi connectivity index (χ1) is 8.02. The van der Waals surface area contributed by atoms with Crippen LogP contribution in [0.5, 0.6) is 0 Å². The highest BCUT2D eigenvalue weighted by Gasteiger charge is 2.57. The van der Waals surface area contributed by atoms with E-state index >= 15 is 0 Å². The van der Waals surface area contributed by atoms with Gasteiger partial charge in [-0.1, -0.05) is 20.8 Å². The van der Waals surface area contributed by atoms with Gasteiger partial charge in [-0.25, -0.2) is 4.99 Å². The number of rotatable bonds is 2. The summed E-state index contributed by atoms with van der Waals surface area (Å²) in [5, 5.41) is 0. The Morgan fingerprint density at radius 3 is 2.41 bits per heavy atom. The Kier molecular flexibility index (Phi) is 2.25. The average Bonchev–Trinajstić information content (AvgIpc) is 2.74. The van der Waals surface area contributed by atoms with E-state index in [-0.39, 0.29) is 16.9 Å². The van der Waals surface area contributed by atoms with Crippen molar-refractivity contribution in [3.63, 3.8) is 0 Å². The quantitative estimate of drug-likeness (QED) is 0.736. The highest BCUT2D eigenvalue weighted by Crippen LogP contribution is 2.51. The topological polar surface area (TPSA) is 43.2 Å². The Morgan fingerprint density at radius 1 is 1.18 bits per heavy atom. The summed E-state index contributed by atoms with van der Waals surface area (Å²) in [4.78, 5) is 9.21. The first-order valence-electron chi connectivity index (χ1n) is 6.41. The van der Waals surface area contributed by atoms with E-state index < -0.39 is 0 Å². The van der Waals surface area contributed by atoms with Crippen LogP contribution in [0.4, 0.5) is 0 Å². The second-order valence-corrected chi connectivity index (χ2v) is 6.24. The van der Waals surface area contributed by atoms with E-state index in [0.29, 0.717) is 13.2 Å². The lowest BCUT2D eigenvalue weighted by atomic mass is 9.88. The summed E-state index contributed by atoms with van der Waals surface area (Å²) in [5.41, 5.74) is 0.0761. The van der Waals surface area contributed by atoms with Gasteiger partial charge in [-0.15, -0.1) is 0 Å². The molecule has 2 aliphatic heterocycles. The normalized spacial score (nSPS) is 30.4. The molecule has 0 unspecified atom stereocenters. The second kappa shape index (κ2) is 3.47. The number of hydrogen-bond acceptors (Lipinski definition) is 4. The molecule has 4 heteroatoms. The third-order valence-corrected chi connectivity index (χ3v) is 3.80. The van der Waals surface area contributed by atoms with Crippen molar-refractivity contribution in [1.29, 1.82) is 0 Å². The molecule has 94 valence electrons. The van der Waals surface area contributed by atoms with E-state index in [1.807, 2.05) is 0 Å². The SMILES string of the molecule is CC(C)(C)[C@H]1COC(C2(C3=NCCO3)CC2)=N1. The van der Waals surface area contributed by atoms with E-state index in [2.05, 4.69) is 25.8 Å². The molecule has 4 nitrogen and oxygen atoms in total. The van der Waals surface area contributed by atoms with Crippen molar-refractivity contribution < 1.29 is 9.47 Å². The minimum atomic E-state index is -0.0868. The molecule has 17 heavy (non-hydrogen) atoms. The third-order valence-electron chi connectivity index (χ3n) is 3.80. The predicted molar refractivity (Wildman–Crippen MR) is 66.6 cm³/mol. The van der Waals surface area contributed by atoms with Crippen LogP contribution in [0.2, 0.25) is 0 Å². The van der Waals surface area contributed by atoms with Crippen LogP contribution in [0, 0.1) is 10.8 Å². The monoisotopic (exact) mass is 236 g/mol. The van der Waals surface area contributed by atoms with Crippen molar-refractivity contribution in [2.75, 3.05) is 19.8 Å². The Hall–Kier alpha value is -1.06. The van der Waals surface area contributed by atoms with Crippen molar-refractivity contribution in [2.45, 2.75) is 39.7 Å². The summed E-state index contributed by atoms with van der Waals surface area (Å²) in [6, 6.07) is 0.261. The molecular weight excluding hydrogens is 216 g/mol. The average molecular weight is 236 g/mol. The first kappa shape index (κ1) is 11.1. The molecule has 1 atom stereocenters. The number of hydrogen-bond donors (Lipinski definition) is 0. The lowest BCUT2D eigenvalue weighted by molar-refractivity contribution is 0.228. The largest absolute Gasteiger partial charge is 0.478 e. The van der Waals surface area contributed by atoms with Gasteiger partial charge in [-0.2, -0.15) is 0 Å². The summed E-state index contributed by atoms with van der Waals surface area (Å²) in [6.07, 6.45) is 2.14. The fourth-order valence-corrected chi connectivity index (χ4v) is 2.35. The summed E-state index contributed by atoms with van der Waals surface area (Å²) < 4.78 is 11.4. The van der Waals surface area contributed by atoms with E-state index in [0.717, 1.165) is 31.2 Å². The Labute approximate surface area is 102 Å². The predicted octanol–water partition coefficient (Wildman–Crippen LogP) is 2.04. The molecule has 1 aliphatic carbocycles. The Morgan fingerprint density at radius 2 is 1.94 bits per heavy atom. The molecule has 1 fully saturated rings. The van der Waals surface area contributed by atoms with Gasteiger partial charge in [-0.3, -0.25) is 4.99 Å². The third kappa shape index (κ3) is 1.74. The summed E-state index contributed by atoms with van der Waals surface area (Å²) >= 11 is 0. The Bertz CT molecular complexity index is 389.